The first-order valence-corrected chi connectivity index (χ1v) is 5.27. The van der Waals surface area contributed by atoms with Crippen LogP contribution in [-0.2, 0) is 4.79 Å². The van der Waals surface area contributed by atoms with Crippen LogP contribution < -0.4 is 0 Å². The molecule has 0 aromatic heterocycles. The molecule has 17 heavy (non-hydrogen) atoms. The largest absolute Gasteiger partial charge is 0.481 e. The van der Waals surface area contributed by atoms with E-state index in [0.717, 1.165) is 6.07 Å². The molecule has 1 N–H and O–H groups in total. The average molecular weight is 239 g/mol. The monoisotopic (exact) mass is 239 g/mol. The van der Waals surface area contributed by atoms with Gasteiger partial charge in [0.15, 0.2) is 0 Å². The molecule has 0 fully saturated rings. The molecule has 0 amide bonds. The highest BCUT2D eigenvalue weighted by Gasteiger charge is 2.23. The molecular formula is C12H11F2NO2. The molecule has 0 radical (unpaired) electrons. The Labute approximate surface area is 96.8 Å². The fourth-order valence-corrected chi connectivity index (χ4v) is 1.94. The van der Waals surface area contributed by atoms with Crippen molar-refractivity contribution in [3.8, 4) is 0 Å². The van der Waals surface area contributed by atoms with Gasteiger partial charge in [-0.1, -0.05) is 0 Å². The molecule has 1 aromatic rings. The van der Waals surface area contributed by atoms with Gasteiger partial charge in [0.05, 0.1) is 6.42 Å². The van der Waals surface area contributed by atoms with Crippen LogP contribution in [0.4, 0.5) is 8.78 Å². The molecule has 0 saturated heterocycles. The van der Waals surface area contributed by atoms with Crippen molar-refractivity contribution < 1.29 is 18.7 Å². The Morgan fingerprint density at radius 2 is 2.24 bits per heavy atom. The third-order valence-electron chi connectivity index (χ3n) is 2.73. The molecule has 3 nitrogen and oxygen atoms in total. The molecule has 0 spiro atoms. The van der Waals surface area contributed by atoms with E-state index in [9.17, 15) is 13.6 Å². The number of nitrogens with zero attached hydrogens (tertiary/aromatic N) is 1. The van der Waals surface area contributed by atoms with Crippen molar-refractivity contribution in [1.29, 1.82) is 0 Å². The second-order valence-corrected chi connectivity index (χ2v) is 4.08. The summed E-state index contributed by atoms with van der Waals surface area (Å²) < 4.78 is 26.2. The normalized spacial score (nSPS) is 19.2. The number of carbonyl (C=O) groups is 1. The lowest BCUT2D eigenvalue weighted by molar-refractivity contribution is -0.137. The van der Waals surface area contributed by atoms with Gasteiger partial charge in [0.2, 0.25) is 0 Å². The van der Waals surface area contributed by atoms with Crippen molar-refractivity contribution in [2.75, 3.05) is 6.54 Å². The first kappa shape index (κ1) is 11.7. The third-order valence-corrected chi connectivity index (χ3v) is 2.73. The van der Waals surface area contributed by atoms with E-state index in [4.69, 9.17) is 5.11 Å². The van der Waals surface area contributed by atoms with Crippen LogP contribution in [0.25, 0.3) is 0 Å². The number of carboxylic acids is 1. The molecule has 1 atom stereocenters. The number of aliphatic imine (C=N–C) groups is 1. The molecule has 90 valence electrons. The van der Waals surface area contributed by atoms with Gasteiger partial charge in [-0.3, -0.25) is 9.79 Å². The van der Waals surface area contributed by atoms with Gasteiger partial charge in [-0.15, -0.1) is 0 Å². The van der Waals surface area contributed by atoms with Gasteiger partial charge in [0, 0.05) is 23.9 Å². The molecule has 0 saturated carbocycles. The van der Waals surface area contributed by atoms with Gasteiger partial charge < -0.3 is 5.11 Å². The summed E-state index contributed by atoms with van der Waals surface area (Å²) in [6.45, 7) is 0.387. The maximum atomic E-state index is 13.5. The standard InChI is InChI=1S/C12H11F2NO2/c13-8-1-2-9(10(14)5-8)11-3-7(6-15-11)4-12(16)17/h1-2,5,7H,3-4,6H2,(H,16,17)/t7-/m1/s1. The van der Waals surface area contributed by atoms with Gasteiger partial charge in [0.25, 0.3) is 0 Å². The zero-order valence-electron chi connectivity index (χ0n) is 8.99. The molecule has 0 aliphatic carbocycles. The quantitative estimate of drug-likeness (QED) is 0.879. The zero-order chi connectivity index (χ0) is 12.4. The van der Waals surface area contributed by atoms with Crippen LogP contribution in [0.3, 0.4) is 0 Å². The van der Waals surface area contributed by atoms with Gasteiger partial charge in [0.1, 0.15) is 11.6 Å². The SMILES string of the molecule is O=C(O)C[C@@H]1CN=C(c2ccc(F)cc2F)C1. The highest BCUT2D eigenvalue weighted by atomic mass is 19.1. The number of carboxylic acid groups (broad SMARTS) is 1. The highest BCUT2D eigenvalue weighted by Crippen LogP contribution is 2.23. The Morgan fingerprint density at radius 1 is 1.47 bits per heavy atom. The molecule has 1 aromatic carbocycles. The van der Waals surface area contributed by atoms with Crippen LogP contribution in [0.5, 0.6) is 0 Å². The summed E-state index contributed by atoms with van der Waals surface area (Å²) in [5, 5.41) is 8.65. The maximum absolute atomic E-state index is 13.5. The predicted molar refractivity (Wildman–Crippen MR) is 58.1 cm³/mol. The lowest BCUT2D eigenvalue weighted by Crippen LogP contribution is -2.10. The topological polar surface area (TPSA) is 49.7 Å². The molecule has 2 rings (SSSR count). The minimum absolute atomic E-state index is 0.0236. The summed E-state index contributed by atoms with van der Waals surface area (Å²) in [4.78, 5) is 14.7. The molecule has 1 heterocycles. The summed E-state index contributed by atoms with van der Waals surface area (Å²) in [5.74, 6) is -2.26. The van der Waals surface area contributed by atoms with Crippen molar-refractivity contribution in [2.45, 2.75) is 12.8 Å². The van der Waals surface area contributed by atoms with Crippen molar-refractivity contribution in [1.82, 2.24) is 0 Å². The van der Waals surface area contributed by atoms with Crippen molar-refractivity contribution in [2.24, 2.45) is 10.9 Å². The van der Waals surface area contributed by atoms with Crippen LogP contribution in [-0.4, -0.2) is 23.3 Å². The Hall–Kier alpha value is -1.78. The maximum Gasteiger partial charge on any atom is 0.303 e. The number of hydrogen-bond donors (Lipinski definition) is 1. The fraction of sp³-hybridized carbons (Fsp3) is 0.333. The van der Waals surface area contributed by atoms with E-state index in [1.165, 1.54) is 12.1 Å². The molecule has 1 aliphatic heterocycles. The summed E-state index contributed by atoms with van der Waals surface area (Å²) in [6, 6.07) is 3.32. The van der Waals surface area contributed by atoms with Crippen LogP contribution in [0, 0.1) is 17.6 Å². The van der Waals surface area contributed by atoms with E-state index in [-0.39, 0.29) is 17.9 Å². The number of aliphatic carboxylic acids is 1. The van der Waals surface area contributed by atoms with Gasteiger partial charge in [-0.2, -0.15) is 0 Å². The van der Waals surface area contributed by atoms with E-state index >= 15 is 0 Å². The second kappa shape index (κ2) is 4.61. The number of halogens is 2. The van der Waals surface area contributed by atoms with Crippen LogP contribution >= 0.6 is 0 Å². The van der Waals surface area contributed by atoms with Crippen molar-refractivity contribution in [3.05, 3.63) is 35.4 Å². The summed E-state index contributed by atoms with van der Waals surface area (Å²) in [5.41, 5.74) is 0.785. The minimum Gasteiger partial charge on any atom is -0.481 e. The first-order valence-electron chi connectivity index (χ1n) is 5.27. The third kappa shape index (κ3) is 2.67. The van der Waals surface area contributed by atoms with Crippen LogP contribution in [0.15, 0.2) is 23.2 Å². The van der Waals surface area contributed by atoms with E-state index in [1.807, 2.05) is 0 Å². The summed E-state index contributed by atoms with van der Waals surface area (Å²) in [7, 11) is 0. The van der Waals surface area contributed by atoms with Crippen molar-refractivity contribution in [3.63, 3.8) is 0 Å². The Bertz CT molecular complexity index is 485. The van der Waals surface area contributed by atoms with Crippen LogP contribution in [0.2, 0.25) is 0 Å². The molecule has 0 unspecified atom stereocenters. The molecule has 5 heteroatoms. The summed E-state index contributed by atoms with van der Waals surface area (Å²) >= 11 is 0. The molecule has 1 aliphatic rings. The Balaban J connectivity index is 2.12. The smallest absolute Gasteiger partial charge is 0.303 e. The van der Waals surface area contributed by atoms with Crippen LogP contribution in [0.1, 0.15) is 18.4 Å². The van der Waals surface area contributed by atoms with Gasteiger partial charge in [-0.05, 0) is 24.5 Å². The van der Waals surface area contributed by atoms with E-state index in [0.29, 0.717) is 18.7 Å². The summed E-state index contributed by atoms with van der Waals surface area (Å²) in [6.07, 6.45) is 0.449. The fourth-order valence-electron chi connectivity index (χ4n) is 1.94. The predicted octanol–water partition coefficient (Wildman–Crippen LogP) is 2.25. The van der Waals surface area contributed by atoms with Gasteiger partial charge >= 0.3 is 5.97 Å². The molecule has 0 bridgehead atoms. The minimum atomic E-state index is -0.883. The zero-order valence-corrected chi connectivity index (χ0v) is 8.99. The number of benzene rings is 1. The van der Waals surface area contributed by atoms with E-state index in [2.05, 4.69) is 4.99 Å². The Kier molecular flexibility index (Phi) is 3.17. The van der Waals surface area contributed by atoms with Gasteiger partial charge in [-0.25, -0.2) is 8.78 Å². The van der Waals surface area contributed by atoms with E-state index in [1.54, 1.807) is 0 Å². The number of hydrogen-bond acceptors (Lipinski definition) is 2. The van der Waals surface area contributed by atoms with Crippen molar-refractivity contribution >= 4 is 11.7 Å². The highest BCUT2D eigenvalue weighted by molar-refractivity contribution is 6.02. The second-order valence-electron chi connectivity index (χ2n) is 4.08. The number of rotatable bonds is 3. The lowest BCUT2D eigenvalue weighted by Gasteiger charge is -2.05. The van der Waals surface area contributed by atoms with E-state index < -0.39 is 17.6 Å². The lowest BCUT2D eigenvalue weighted by atomic mass is 9.98. The average Bonchev–Trinajstić information content (AvgIpc) is 2.65. The first-order chi connectivity index (χ1) is 8.06. The molecular weight excluding hydrogens is 228 g/mol. The Morgan fingerprint density at radius 3 is 2.88 bits per heavy atom.